The maximum Gasteiger partial charge on any atom is 0.238 e. The summed E-state index contributed by atoms with van der Waals surface area (Å²) in [5.74, 6) is -0.158. The molecule has 0 aliphatic heterocycles. The molecule has 0 unspecified atom stereocenters. The summed E-state index contributed by atoms with van der Waals surface area (Å²) in [7, 11) is 0. The molecular weight excluding hydrogens is 350 g/mol. The third-order valence-electron chi connectivity index (χ3n) is 4.12. The molecule has 2 aromatic carbocycles. The Bertz CT molecular complexity index is 895. The highest BCUT2D eigenvalue weighted by Crippen LogP contribution is 2.24. The van der Waals surface area contributed by atoms with E-state index in [-0.39, 0.29) is 18.5 Å². The number of nitrogens with one attached hydrogen (secondary N) is 2. The van der Waals surface area contributed by atoms with Crippen molar-refractivity contribution in [2.45, 2.75) is 19.9 Å². The van der Waals surface area contributed by atoms with Gasteiger partial charge in [-0.25, -0.2) is 9.67 Å². The van der Waals surface area contributed by atoms with Gasteiger partial charge in [-0.15, -0.1) is 0 Å². The number of rotatable bonds is 6. The zero-order chi connectivity index (χ0) is 18.5. The van der Waals surface area contributed by atoms with Crippen molar-refractivity contribution in [1.82, 2.24) is 20.1 Å². The number of anilines is 1. The standard InChI is InChI=1S/C19H20ClN5O/c1-13-5-3-4-6-16(13)14(2)22-10-19(26)24-17-9-15(20)7-8-18(17)25-12-21-11-23-25/h3-9,11-12,14,22H,10H2,1-2H3,(H,24,26)/t14-/m0/s1. The van der Waals surface area contributed by atoms with Crippen LogP contribution in [0.2, 0.25) is 5.02 Å². The fourth-order valence-electron chi connectivity index (χ4n) is 2.76. The van der Waals surface area contributed by atoms with Gasteiger partial charge < -0.3 is 10.6 Å². The number of benzene rings is 2. The van der Waals surface area contributed by atoms with Crippen molar-refractivity contribution in [3.63, 3.8) is 0 Å². The molecule has 1 heterocycles. The Kier molecular flexibility index (Phi) is 5.65. The highest BCUT2D eigenvalue weighted by atomic mass is 35.5. The van der Waals surface area contributed by atoms with Gasteiger partial charge in [-0.3, -0.25) is 4.79 Å². The lowest BCUT2D eigenvalue weighted by molar-refractivity contribution is -0.115. The fourth-order valence-corrected chi connectivity index (χ4v) is 2.94. The third kappa shape index (κ3) is 4.28. The maximum atomic E-state index is 12.4. The van der Waals surface area contributed by atoms with E-state index in [2.05, 4.69) is 39.8 Å². The SMILES string of the molecule is Cc1ccccc1[C@H](C)NCC(=O)Nc1cc(Cl)ccc1-n1cncn1. The number of amides is 1. The summed E-state index contributed by atoms with van der Waals surface area (Å²) in [5, 5.41) is 10.8. The predicted molar refractivity (Wildman–Crippen MR) is 103 cm³/mol. The largest absolute Gasteiger partial charge is 0.323 e. The lowest BCUT2D eigenvalue weighted by atomic mass is 10.0. The van der Waals surface area contributed by atoms with Gasteiger partial charge >= 0.3 is 0 Å². The Balaban J connectivity index is 1.67. The van der Waals surface area contributed by atoms with Gasteiger partial charge in [-0.05, 0) is 43.2 Å². The van der Waals surface area contributed by atoms with E-state index in [4.69, 9.17) is 11.6 Å². The molecule has 3 rings (SSSR count). The Hall–Kier alpha value is -2.70. The van der Waals surface area contributed by atoms with Crippen molar-refractivity contribution in [1.29, 1.82) is 0 Å². The molecule has 1 aromatic heterocycles. The monoisotopic (exact) mass is 369 g/mol. The van der Waals surface area contributed by atoms with Crippen LogP contribution in [0.15, 0.2) is 55.1 Å². The third-order valence-corrected chi connectivity index (χ3v) is 4.36. The van der Waals surface area contributed by atoms with Crippen LogP contribution in [0.3, 0.4) is 0 Å². The summed E-state index contributed by atoms with van der Waals surface area (Å²) in [6.45, 7) is 4.28. The quantitative estimate of drug-likeness (QED) is 0.697. The average molecular weight is 370 g/mol. The molecule has 0 radical (unpaired) electrons. The highest BCUT2D eigenvalue weighted by molar-refractivity contribution is 6.31. The molecule has 134 valence electrons. The van der Waals surface area contributed by atoms with Crippen molar-refractivity contribution in [3.8, 4) is 5.69 Å². The molecule has 3 aromatic rings. The number of halogens is 1. The van der Waals surface area contributed by atoms with Crippen LogP contribution in [-0.2, 0) is 4.79 Å². The Morgan fingerprint density at radius 3 is 2.81 bits per heavy atom. The molecule has 26 heavy (non-hydrogen) atoms. The Labute approximate surface area is 157 Å². The van der Waals surface area contributed by atoms with Crippen molar-refractivity contribution < 1.29 is 4.79 Å². The zero-order valence-electron chi connectivity index (χ0n) is 14.6. The molecule has 0 saturated heterocycles. The van der Waals surface area contributed by atoms with Gasteiger partial charge in [0.2, 0.25) is 5.91 Å². The van der Waals surface area contributed by atoms with E-state index in [1.165, 1.54) is 17.5 Å². The first-order valence-electron chi connectivity index (χ1n) is 8.28. The molecule has 7 heteroatoms. The summed E-state index contributed by atoms with van der Waals surface area (Å²) < 4.78 is 1.58. The lowest BCUT2D eigenvalue weighted by Crippen LogP contribution is -2.30. The molecular formula is C19H20ClN5O. The van der Waals surface area contributed by atoms with Crippen LogP contribution in [-0.4, -0.2) is 27.2 Å². The van der Waals surface area contributed by atoms with Gasteiger partial charge in [0.1, 0.15) is 12.7 Å². The molecule has 0 bridgehead atoms. The number of carbonyl (C=O) groups is 1. The van der Waals surface area contributed by atoms with Crippen molar-refractivity contribution in [2.75, 3.05) is 11.9 Å². The lowest BCUT2D eigenvalue weighted by Gasteiger charge is -2.17. The summed E-state index contributed by atoms with van der Waals surface area (Å²) in [4.78, 5) is 16.3. The van der Waals surface area contributed by atoms with Gasteiger partial charge in [0.25, 0.3) is 0 Å². The van der Waals surface area contributed by atoms with Gasteiger partial charge in [-0.2, -0.15) is 5.10 Å². The first-order valence-corrected chi connectivity index (χ1v) is 8.65. The summed E-state index contributed by atoms with van der Waals surface area (Å²) >= 11 is 6.07. The molecule has 0 aliphatic rings. The fraction of sp³-hybridized carbons (Fsp3) is 0.211. The molecule has 1 amide bonds. The van der Waals surface area contributed by atoms with E-state index in [1.54, 1.807) is 29.2 Å². The Morgan fingerprint density at radius 2 is 2.08 bits per heavy atom. The van der Waals surface area contributed by atoms with Crippen LogP contribution in [0.5, 0.6) is 0 Å². The van der Waals surface area contributed by atoms with Crippen LogP contribution in [0.1, 0.15) is 24.1 Å². The first kappa shape index (κ1) is 18.1. The van der Waals surface area contributed by atoms with Crippen LogP contribution >= 0.6 is 11.6 Å². The summed E-state index contributed by atoms with van der Waals surface area (Å²) in [6, 6.07) is 13.4. The van der Waals surface area contributed by atoms with E-state index < -0.39 is 0 Å². The molecule has 1 atom stereocenters. The predicted octanol–water partition coefficient (Wildman–Crippen LogP) is 3.52. The molecule has 6 nitrogen and oxygen atoms in total. The minimum Gasteiger partial charge on any atom is -0.323 e. The molecule has 0 spiro atoms. The van der Waals surface area contributed by atoms with Crippen molar-refractivity contribution in [3.05, 3.63) is 71.3 Å². The van der Waals surface area contributed by atoms with E-state index in [1.807, 2.05) is 19.1 Å². The highest BCUT2D eigenvalue weighted by Gasteiger charge is 2.12. The minimum absolute atomic E-state index is 0.0658. The molecule has 2 N–H and O–H groups in total. The van der Waals surface area contributed by atoms with Gasteiger partial charge in [0.15, 0.2) is 0 Å². The number of aryl methyl sites for hydroxylation is 1. The van der Waals surface area contributed by atoms with Crippen molar-refractivity contribution in [2.24, 2.45) is 0 Å². The minimum atomic E-state index is -0.158. The zero-order valence-corrected chi connectivity index (χ0v) is 15.4. The molecule has 0 fully saturated rings. The van der Waals surface area contributed by atoms with E-state index in [0.717, 1.165) is 0 Å². The van der Waals surface area contributed by atoms with Crippen LogP contribution < -0.4 is 10.6 Å². The number of hydrogen-bond acceptors (Lipinski definition) is 4. The number of aromatic nitrogens is 3. The second kappa shape index (κ2) is 8.12. The normalized spacial score (nSPS) is 12.0. The topological polar surface area (TPSA) is 71.8 Å². The van der Waals surface area contributed by atoms with E-state index >= 15 is 0 Å². The maximum absolute atomic E-state index is 12.4. The molecule has 0 aliphatic carbocycles. The number of nitrogens with zero attached hydrogens (tertiary/aromatic N) is 3. The van der Waals surface area contributed by atoms with E-state index in [0.29, 0.717) is 16.4 Å². The van der Waals surface area contributed by atoms with Gasteiger partial charge in [0.05, 0.1) is 17.9 Å². The van der Waals surface area contributed by atoms with Gasteiger partial charge in [-0.1, -0.05) is 35.9 Å². The average Bonchev–Trinajstić information content (AvgIpc) is 3.14. The van der Waals surface area contributed by atoms with Gasteiger partial charge in [0, 0.05) is 11.1 Å². The van der Waals surface area contributed by atoms with Crippen LogP contribution in [0.4, 0.5) is 5.69 Å². The summed E-state index contributed by atoms with van der Waals surface area (Å²) in [5.41, 5.74) is 3.65. The smallest absolute Gasteiger partial charge is 0.238 e. The van der Waals surface area contributed by atoms with Crippen molar-refractivity contribution >= 4 is 23.2 Å². The summed E-state index contributed by atoms with van der Waals surface area (Å²) in [6.07, 6.45) is 3.00. The number of hydrogen-bond donors (Lipinski definition) is 2. The second-order valence-electron chi connectivity index (χ2n) is 6.01. The van der Waals surface area contributed by atoms with Crippen LogP contribution in [0, 0.1) is 6.92 Å². The van der Waals surface area contributed by atoms with E-state index in [9.17, 15) is 4.79 Å². The Morgan fingerprint density at radius 1 is 1.27 bits per heavy atom. The van der Waals surface area contributed by atoms with Crippen LogP contribution in [0.25, 0.3) is 5.69 Å². The molecule has 0 saturated carbocycles. The second-order valence-corrected chi connectivity index (χ2v) is 6.45. The first-order chi connectivity index (χ1) is 12.5. The number of carbonyl (C=O) groups excluding carboxylic acids is 1.